The van der Waals surface area contributed by atoms with Gasteiger partial charge in [0.15, 0.2) is 0 Å². The third-order valence-corrected chi connectivity index (χ3v) is 2.39. The lowest BCUT2D eigenvalue weighted by molar-refractivity contribution is -0.116. The highest BCUT2D eigenvalue weighted by Crippen LogP contribution is 2.10. The van der Waals surface area contributed by atoms with Gasteiger partial charge in [-0.3, -0.25) is 4.79 Å². The highest BCUT2D eigenvalue weighted by Gasteiger charge is 2.04. The number of amides is 1. The van der Waals surface area contributed by atoms with Crippen molar-refractivity contribution in [1.29, 1.82) is 0 Å². The van der Waals surface area contributed by atoms with Crippen LogP contribution in [0.1, 0.15) is 36.0 Å². The largest absolute Gasteiger partial charge is 0.478 e. The van der Waals surface area contributed by atoms with Crippen molar-refractivity contribution in [3.8, 4) is 12.3 Å². The molecular formula is C14H15NO3. The molecule has 0 radical (unpaired) electrons. The number of rotatable bonds is 6. The number of hydrogen-bond acceptors (Lipinski definition) is 2. The Morgan fingerprint density at radius 2 is 1.89 bits per heavy atom. The number of anilines is 1. The Morgan fingerprint density at radius 1 is 1.22 bits per heavy atom. The Hall–Kier alpha value is -2.28. The van der Waals surface area contributed by atoms with Gasteiger partial charge in [0, 0.05) is 18.5 Å². The third kappa shape index (κ3) is 4.71. The maximum atomic E-state index is 11.5. The Morgan fingerprint density at radius 3 is 2.44 bits per heavy atom. The summed E-state index contributed by atoms with van der Waals surface area (Å²) >= 11 is 0. The van der Waals surface area contributed by atoms with Crippen LogP contribution >= 0.6 is 0 Å². The minimum atomic E-state index is -0.984. The van der Waals surface area contributed by atoms with E-state index in [0.717, 1.165) is 12.8 Å². The molecule has 2 N–H and O–H groups in total. The number of unbranched alkanes of at least 4 members (excludes halogenated alkanes) is 2. The molecule has 0 fully saturated rings. The molecule has 94 valence electrons. The molecule has 1 aromatic rings. The molecule has 1 aromatic carbocycles. The zero-order valence-corrected chi connectivity index (χ0v) is 9.98. The lowest BCUT2D eigenvalue weighted by Crippen LogP contribution is -2.11. The van der Waals surface area contributed by atoms with Gasteiger partial charge in [0.2, 0.25) is 5.91 Å². The van der Waals surface area contributed by atoms with Crippen LogP contribution < -0.4 is 5.32 Å². The van der Waals surface area contributed by atoms with Crippen LogP contribution in [-0.4, -0.2) is 17.0 Å². The van der Waals surface area contributed by atoms with Gasteiger partial charge < -0.3 is 10.4 Å². The van der Waals surface area contributed by atoms with Crippen molar-refractivity contribution in [1.82, 2.24) is 0 Å². The van der Waals surface area contributed by atoms with Crippen LogP contribution in [0.5, 0.6) is 0 Å². The smallest absolute Gasteiger partial charge is 0.335 e. The summed E-state index contributed by atoms with van der Waals surface area (Å²) in [4.78, 5) is 22.1. The van der Waals surface area contributed by atoms with Gasteiger partial charge >= 0.3 is 5.97 Å². The molecule has 18 heavy (non-hydrogen) atoms. The van der Waals surface area contributed by atoms with E-state index in [0.29, 0.717) is 18.5 Å². The summed E-state index contributed by atoms with van der Waals surface area (Å²) in [6.07, 6.45) is 7.80. The number of carbonyl (C=O) groups is 2. The molecule has 0 saturated carbocycles. The number of carboxylic acid groups (broad SMARTS) is 1. The fourth-order valence-electron chi connectivity index (χ4n) is 1.43. The van der Waals surface area contributed by atoms with Gasteiger partial charge in [-0.2, -0.15) is 0 Å². The monoisotopic (exact) mass is 245 g/mol. The first kappa shape index (κ1) is 13.8. The molecule has 0 aliphatic carbocycles. The molecule has 0 saturated heterocycles. The lowest BCUT2D eigenvalue weighted by atomic mass is 10.2. The highest BCUT2D eigenvalue weighted by molar-refractivity contribution is 5.92. The van der Waals surface area contributed by atoms with Crippen LogP contribution in [0.4, 0.5) is 5.69 Å². The zero-order valence-electron chi connectivity index (χ0n) is 9.98. The summed E-state index contributed by atoms with van der Waals surface area (Å²) < 4.78 is 0. The first-order chi connectivity index (χ1) is 8.63. The lowest BCUT2D eigenvalue weighted by Gasteiger charge is -2.05. The minimum Gasteiger partial charge on any atom is -0.478 e. The Kier molecular flexibility index (Phi) is 5.46. The van der Waals surface area contributed by atoms with Gasteiger partial charge in [-0.05, 0) is 37.1 Å². The maximum Gasteiger partial charge on any atom is 0.335 e. The van der Waals surface area contributed by atoms with Crippen molar-refractivity contribution in [2.45, 2.75) is 25.7 Å². The van der Waals surface area contributed by atoms with Crippen LogP contribution in [0.25, 0.3) is 0 Å². The van der Waals surface area contributed by atoms with E-state index in [9.17, 15) is 9.59 Å². The number of carboxylic acids is 1. The van der Waals surface area contributed by atoms with Crippen LogP contribution in [0.3, 0.4) is 0 Å². The average Bonchev–Trinajstić information content (AvgIpc) is 2.35. The Labute approximate surface area is 106 Å². The van der Waals surface area contributed by atoms with Crippen molar-refractivity contribution < 1.29 is 14.7 Å². The van der Waals surface area contributed by atoms with E-state index in [1.165, 1.54) is 12.1 Å². The molecule has 4 nitrogen and oxygen atoms in total. The van der Waals surface area contributed by atoms with E-state index < -0.39 is 5.97 Å². The molecule has 1 amide bonds. The predicted molar refractivity (Wildman–Crippen MR) is 69.3 cm³/mol. The van der Waals surface area contributed by atoms with E-state index in [-0.39, 0.29) is 11.5 Å². The second kappa shape index (κ2) is 7.13. The fraction of sp³-hybridized carbons (Fsp3) is 0.286. The van der Waals surface area contributed by atoms with Crippen LogP contribution in [0.15, 0.2) is 24.3 Å². The molecule has 0 heterocycles. The van der Waals surface area contributed by atoms with Gasteiger partial charge in [0.05, 0.1) is 5.56 Å². The zero-order chi connectivity index (χ0) is 13.4. The Bertz CT molecular complexity index is 457. The second-order valence-corrected chi connectivity index (χ2v) is 3.84. The van der Waals surface area contributed by atoms with Gasteiger partial charge in [0.1, 0.15) is 0 Å². The Balaban J connectivity index is 2.40. The van der Waals surface area contributed by atoms with Crippen molar-refractivity contribution in [3.05, 3.63) is 29.8 Å². The van der Waals surface area contributed by atoms with Crippen molar-refractivity contribution in [2.24, 2.45) is 0 Å². The summed E-state index contributed by atoms with van der Waals surface area (Å²) in [5, 5.41) is 11.4. The number of nitrogens with one attached hydrogen (secondary N) is 1. The van der Waals surface area contributed by atoms with E-state index >= 15 is 0 Å². The summed E-state index contributed by atoms with van der Waals surface area (Å²) in [5.41, 5.74) is 0.795. The van der Waals surface area contributed by atoms with Crippen molar-refractivity contribution in [2.75, 3.05) is 5.32 Å². The number of aromatic carboxylic acids is 1. The quantitative estimate of drug-likeness (QED) is 0.597. The van der Waals surface area contributed by atoms with Crippen LogP contribution in [0, 0.1) is 12.3 Å². The van der Waals surface area contributed by atoms with Gasteiger partial charge in [-0.25, -0.2) is 4.79 Å². The second-order valence-electron chi connectivity index (χ2n) is 3.84. The van der Waals surface area contributed by atoms with E-state index in [2.05, 4.69) is 11.2 Å². The van der Waals surface area contributed by atoms with E-state index in [4.69, 9.17) is 11.5 Å². The topological polar surface area (TPSA) is 66.4 Å². The third-order valence-electron chi connectivity index (χ3n) is 2.39. The highest BCUT2D eigenvalue weighted by atomic mass is 16.4. The van der Waals surface area contributed by atoms with Crippen molar-refractivity contribution >= 4 is 17.6 Å². The molecular weight excluding hydrogens is 230 g/mol. The molecule has 0 unspecified atom stereocenters. The molecule has 0 aliphatic rings. The molecule has 4 heteroatoms. The SMILES string of the molecule is C#CCCCCC(=O)Nc1ccc(C(=O)O)cc1. The number of benzene rings is 1. The number of terminal acetylenes is 1. The summed E-state index contributed by atoms with van der Waals surface area (Å²) in [5.74, 6) is 1.45. The summed E-state index contributed by atoms with van der Waals surface area (Å²) in [6, 6.07) is 6.05. The van der Waals surface area contributed by atoms with Gasteiger partial charge in [0.25, 0.3) is 0 Å². The average molecular weight is 245 g/mol. The number of hydrogen-bond donors (Lipinski definition) is 2. The fourth-order valence-corrected chi connectivity index (χ4v) is 1.43. The minimum absolute atomic E-state index is 0.0879. The predicted octanol–water partition coefficient (Wildman–Crippen LogP) is 2.52. The molecule has 0 atom stereocenters. The van der Waals surface area contributed by atoms with Gasteiger partial charge in [-0.1, -0.05) is 0 Å². The van der Waals surface area contributed by atoms with Crippen LogP contribution in [-0.2, 0) is 4.79 Å². The standard InChI is InChI=1S/C14H15NO3/c1-2-3-4-5-6-13(16)15-12-9-7-11(8-10-12)14(17)18/h1,7-10H,3-6H2,(H,15,16)(H,17,18). The molecule has 0 spiro atoms. The van der Waals surface area contributed by atoms with E-state index in [1.54, 1.807) is 12.1 Å². The van der Waals surface area contributed by atoms with Crippen molar-refractivity contribution in [3.63, 3.8) is 0 Å². The molecule has 1 rings (SSSR count). The van der Waals surface area contributed by atoms with E-state index in [1.807, 2.05) is 0 Å². The first-order valence-electron chi connectivity index (χ1n) is 5.70. The first-order valence-corrected chi connectivity index (χ1v) is 5.70. The van der Waals surface area contributed by atoms with Gasteiger partial charge in [-0.15, -0.1) is 12.3 Å². The van der Waals surface area contributed by atoms with Crippen LogP contribution in [0.2, 0.25) is 0 Å². The summed E-state index contributed by atoms with van der Waals surface area (Å²) in [6.45, 7) is 0. The molecule has 0 bridgehead atoms. The molecule has 0 aromatic heterocycles. The molecule has 0 aliphatic heterocycles. The maximum absolute atomic E-state index is 11.5. The number of carbonyl (C=O) groups excluding carboxylic acids is 1. The summed E-state index contributed by atoms with van der Waals surface area (Å²) in [7, 11) is 0. The normalized spacial score (nSPS) is 9.50.